The van der Waals surface area contributed by atoms with Gasteiger partial charge in [0, 0.05) is 43.1 Å². The van der Waals surface area contributed by atoms with Crippen LogP contribution in [0.15, 0.2) is 90.1 Å². The number of carbonyl (C=O) groups is 1. The van der Waals surface area contributed by atoms with E-state index in [1.54, 1.807) is 12.1 Å². The fraction of sp³-hybridized carbons (Fsp3) is 0.192. The van der Waals surface area contributed by atoms with Gasteiger partial charge in [0.2, 0.25) is 5.91 Å². The fourth-order valence-corrected chi connectivity index (χ4v) is 4.89. The molecule has 1 aromatic heterocycles. The molecule has 4 aromatic rings. The van der Waals surface area contributed by atoms with Crippen molar-refractivity contribution in [3.8, 4) is 17.1 Å². The molecule has 2 heterocycles. The smallest absolute Gasteiger partial charge is 0.233 e. The summed E-state index contributed by atoms with van der Waals surface area (Å²) in [5, 5.41) is 9.53. The van der Waals surface area contributed by atoms with Crippen LogP contribution in [0, 0.1) is 5.82 Å². The van der Waals surface area contributed by atoms with Crippen LogP contribution in [-0.2, 0) is 4.79 Å². The quantitative estimate of drug-likeness (QED) is 0.386. The van der Waals surface area contributed by atoms with Crippen molar-refractivity contribution in [1.82, 2.24) is 19.7 Å². The van der Waals surface area contributed by atoms with E-state index in [0.29, 0.717) is 18.2 Å². The molecule has 172 valence electrons. The molecule has 6 nitrogen and oxygen atoms in total. The minimum absolute atomic E-state index is 0.0765. The van der Waals surface area contributed by atoms with E-state index in [1.165, 1.54) is 23.9 Å². The van der Waals surface area contributed by atoms with Crippen molar-refractivity contribution >= 4 is 23.4 Å². The fourth-order valence-electron chi connectivity index (χ4n) is 4.03. The summed E-state index contributed by atoms with van der Waals surface area (Å²) in [5.41, 5.74) is 2.90. The van der Waals surface area contributed by atoms with Crippen molar-refractivity contribution in [3.63, 3.8) is 0 Å². The van der Waals surface area contributed by atoms with Gasteiger partial charge in [-0.25, -0.2) is 4.39 Å². The average molecular weight is 474 g/mol. The third-order valence-electron chi connectivity index (χ3n) is 5.83. The van der Waals surface area contributed by atoms with Crippen LogP contribution in [-0.4, -0.2) is 57.5 Å². The summed E-state index contributed by atoms with van der Waals surface area (Å²) in [6, 6.07) is 26.4. The molecule has 8 heteroatoms. The van der Waals surface area contributed by atoms with Crippen molar-refractivity contribution in [3.05, 3.63) is 90.7 Å². The van der Waals surface area contributed by atoms with E-state index in [9.17, 15) is 9.18 Å². The molecule has 0 saturated carbocycles. The highest BCUT2D eigenvalue weighted by Crippen LogP contribution is 2.28. The molecule has 0 aliphatic carbocycles. The van der Waals surface area contributed by atoms with Gasteiger partial charge >= 0.3 is 0 Å². The topological polar surface area (TPSA) is 54.3 Å². The number of piperazine rings is 1. The van der Waals surface area contributed by atoms with Crippen LogP contribution in [0.1, 0.15) is 0 Å². The van der Waals surface area contributed by atoms with E-state index >= 15 is 0 Å². The molecule has 1 saturated heterocycles. The minimum Gasteiger partial charge on any atom is -0.368 e. The molecule has 1 fully saturated rings. The van der Waals surface area contributed by atoms with Crippen LogP contribution in [0.4, 0.5) is 10.1 Å². The number of halogens is 1. The van der Waals surface area contributed by atoms with Gasteiger partial charge in [-0.1, -0.05) is 60.3 Å². The normalized spacial score (nSPS) is 13.8. The number of hydrogen-bond acceptors (Lipinski definition) is 5. The first-order valence-electron chi connectivity index (χ1n) is 11.2. The Kier molecular flexibility index (Phi) is 6.58. The standard InChI is InChI=1S/C26H24FN5OS/c27-21-11-13-22(14-12-21)30-15-17-31(18-16-30)24(33)19-34-26-29-28-25(20-7-3-1-4-8-20)32(26)23-9-5-2-6-10-23/h1-14H,15-19H2. The van der Waals surface area contributed by atoms with Crippen molar-refractivity contribution in [2.75, 3.05) is 36.8 Å². The lowest BCUT2D eigenvalue weighted by Gasteiger charge is -2.36. The highest BCUT2D eigenvalue weighted by molar-refractivity contribution is 7.99. The summed E-state index contributed by atoms with van der Waals surface area (Å²) in [6.07, 6.45) is 0. The Balaban J connectivity index is 1.27. The van der Waals surface area contributed by atoms with Gasteiger partial charge in [-0.05, 0) is 36.4 Å². The molecule has 0 spiro atoms. The molecule has 0 bridgehead atoms. The Bertz CT molecular complexity index is 1240. The number of para-hydroxylation sites is 1. The number of hydrogen-bond donors (Lipinski definition) is 0. The monoisotopic (exact) mass is 473 g/mol. The Labute approximate surface area is 202 Å². The van der Waals surface area contributed by atoms with Crippen LogP contribution in [0.2, 0.25) is 0 Å². The Morgan fingerprint density at radius 3 is 2.12 bits per heavy atom. The number of rotatable bonds is 6. The lowest BCUT2D eigenvalue weighted by Crippen LogP contribution is -2.49. The maximum absolute atomic E-state index is 13.2. The Hall–Kier alpha value is -3.65. The van der Waals surface area contributed by atoms with E-state index in [-0.39, 0.29) is 17.5 Å². The van der Waals surface area contributed by atoms with Crippen molar-refractivity contribution in [2.45, 2.75) is 5.16 Å². The summed E-state index contributed by atoms with van der Waals surface area (Å²) in [5.74, 6) is 0.867. The maximum Gasteiger partial charge on any atom is 0.233 e. The zero-order chi connectivity index (χ0) is 23.3. The number of thioether (sulfide) groups is 1. The maximum atomic E-state index is 13.2. The summed E-state index contributed by atoms with van der Waals surface area (Å²) in [4.78, 5) is 17.0. The average Bonchev–Trinajstić information content (AvgIpc) is 3.33. The lowest BCUT2D eigenvalue weighted by atomic mass is 10.2. The van der Waals surface area contributed by atoms with Gasteiger partial charge in [0.1, 0.15) is 5.82 Å². The predicted molar refractivity (Wildman–Crippen MR) is 133 cm³/mol. The summed E-state index contributed by atoms with van der Waals surface area (Å²) < 4.78 is 15.2. The van der Waals surface area contributed by atoms with E-state index in [2.05, 4.69) is 15.1 Å². The van der Waals surface area contributed by atoms with Gasteiger partial charge in [0.25, 0.3) is 0 Å². The SMILES string of the molecule is O=C(CSc1nnc(-c2ccccc2)n1-c1ccccc1)N1CCN(c2ccc(F)cc2)CC1. The number of anilines is 1. The van der Waals surface area contributed by atoms with Gasteiger partial charge < -0.3 is 9.80 Å². The predicted octanol–water partition coefficient (Wildman–Crippen LogP) is 4.51. The van der Waals surface area contributed by atoms with Gasteiger partial charge in [-0.2, -0.15) is 0 Å². The molecule has 1 aliphatic rings. The number of nitrogens with zero attached hydrogens (tertiary/aromatic N) is 5. The van der Waals surface area contributed by atoms with E-state index in [0.717, 1.165) is 35.9 Å². The molecular formula is C26H24FN5OS. The number of amides is 1. The summed E-state index contributed by atoms with van der Waals surface area (Å²) in [6.45, 7) is 2.72. The summed E-state index contributed by atoms with van der Waals surface area (Å²) >= 11 is 1.40. The first kappa shape index (κ1) is 22.2. The number of aromatic nitrogens is 3. The van der Waals surface area contributed by atoms with Crippen LogP contribution in [0.3, 0.4) is 0 Å². The van der Waals surface area contributed by atoms with Crippen molar-refractivity contribution in [1.29, 1.82) is 0 Å². The van der Waals surface area contributed by atoms with E-state index in [1.807, 2.05) is 70.1 Å². The molecule has 1 aliphatic heterocycles. The molecule has 0 radical (unpaired) electrons. The molecule has 0 atom stereocenters. The highest BCUT2D eigenvalue weighted by Gasteiger charge is 2.23. The first-order valence-corrected chi connectivity index (χ1v) is 12.1. The third-order valence-corrected chi connectivity index (χ3v) is 6.74. The second-order valence-electron chi connectivity index (χ2n) is 7.98. The summed E-state index contributed by atoms with van der Waals surface area (Å²) in [7, 11) is 0. The number of carbonyl (C=O) groups excluding carboxylic acids is 1. The molecule has 34 heavy (non-hydrogen) atoms. The Morgan fingerprint density at radius 1 is 0.794 bits per heavy atom. The van der Waals surface area contributed by atoms with Crippen LogP contribution in [0.25, 0.3) is 17.1 Å². The lowest BCUT2D eigenvalue weighted by molar-refractivity contribution is -0.128. The van der Waals surface area contributed by atoms with Crippen molar-refractivity contribution < 1.29 is 9.18 Å². The van der Waals surface area contributed by atoms with Gasteiger partial charge in [0.05, 0.1) is 5.75 Å². The van der Waals surface area contributed by atoms with E-state index < -0.39 is 0 Å². The minimum atomic E-state index is -0.242. The largest absolute Gasteiger partial charge is 0.368 e. The molecule has 3 aromatic carbocycles. The van der Waals surface area contributed by atoms with Gasteiger partial charge in [0.15, 0.2) is 11.0 Å². The molecule has 0 N–H and O–H groups in total. The van der Waals surface area contributed by atoms with Crippen LogP contribution in [0.5, 0.6) is 0 Å². The van der Waals surface area contributed by atoms with Gasteiger partial charge in [-0.3, -0.25) is 9.36 Å². The van der Waals surface area contributed by atoms with Crippen molar-refractivity contribution in [2.24, 2.45) is 0 Å². The molecule has 5 rings (SSSR count). The second-order valence-corrected chi connectivity index (χ2v) is 8.92. The Morgan fingerprint density at radius 2 is 1.44 bits per heavy atom. The third kappa shape index (κ3) is 4.82. The first-order chi connectivity index (χ1) is 16.7. The van der Waals surface area contributed by atoms with E-state index in [4.69, 9.17) is 0 Å². The van der Waals surface area contributed by atoms with Gasteiger partial charge in [-0.15, -0.1) is 10.2 Å². The zero-order valence-corrected chi connectivity index (χ0v) is 19.4. The molecule has 0 unspecified atom stereocenters. The van der Waals surface area contributed by atoms with Crippen LogP contribution < -0.4 is 4.90 Å². The number of benzene rings is 3. The second kappa shape index (κ2) is 10.1. The molecule has 1 amide bonds. The molecular weight excluding hydrogens is 449 g/mol. The van der Waals surface area contributed by atoms with Crippen LogP contribution >= 0.6 is 11.8 Å². The highest BCUT2D eigenvalue weighted by atomic mass is 32.2. The zero-order valence-electron chi connectivity index (χ0n) is 18.5.